The van der Waals surface area contributed by atoms with Crippen molar-refractivity contribution < 1.29 is 9.90 Å². The zero-order chi connectivity index (χ0) is 17.8. The number of benzene rings is 2. The van der Waals surface area contributed by atoms with Crippen LogP contribution in [0.4, 0.5) is 11.4 Å². The van der Waals surface area contributed by atoms with E-state index >= 15 is 0 Å². The summed E-state index contributed by atoms with van der Waals surface area (Å²) < 4.78 is 0. The third-order valence-corrected chi connectivity index (χ3v) is 4.46. The number of hydrogen-bond acceptors (Lipinski definition) is 4. The molecule has 0 aromatic heterocycles. The summed E-state index contributed by atoms with van der Waals surface area (Å²) in [6.07, 6.45) is 1.72. The number of aromatic hydroxyl groups is 1. The van der Waals surface area contributed by atoms with Crippen LogP contribution >= 0.6 is 0 Å². The van der Waals surface area contributed by atoms with Gasteiger partial charge >= 0.3 is 0 Å². The molecule has 2 aromatic carbocycles. The lowest BCUT2D eigenvalue weighted by Gasteiger charge is -2.19. The van der Waals surface area contributed by atoms with Gasteiger partial charge in [0.25, 0.3) is 5.91 Å². The van der Waals surface area contributed by atoms with Crippen molar-refractivity contribution >= 4 is 22.9 Å². The molecule has 5 nitrogen and oxygen atoms in total. The number of nitrogens with zero attached hydrogens (tertiary/aromatic N) is 1. The highest BCUT2D eigenvalue weighted by atomic mass is 16.3. The average Bonchev–Trinajstić information content (AvgIpc) is 2.95. The Balaban J connectivity index is 1.81. The number of carbonyl (C=O) groups is 1. The first-order valence-corrected chi connectivity index (χ1v) is 8.54. The zero-order valence-electron chi connectivity index (χ0n) is 14.5. The van der Waals surface area contributed by atoms with Crippen molar-refractivity contribution in [3.8, 4) is 5.75 Å². The van der Waals surface area contributed by atoms with Crippen molar-refractivity contribution in [2.45, 2.75) is 20.4 Å². The van der Waals surface area contributed by atoms with Gasteiger partial charge in [-0.1, -0.05) is 32.0 Å². The molecule has 0 saturated carbocycles. The molecular formula is C20H23N3O2. The topological polar surface area (TPSA) is 64.6 Å². The largest absolute Gasteiger partial charge is 0.508 e. The van der Waals surface area contributed by atoms with Crippen LogP contribution in [0.15, 0.2) is 48.7 Å². The highest BCUT2D eigenvalue weighted by Crippen LogP contribution is 2.31. The van der Waals surface area contributed by atoms with E-state index in [0.29, 0.717) is 12.1 Å². The Labute approximate surface area is 148 Å². The van der Waals surface area contributed by atoms with Crippen molar-refractivity contribution in [3.05, 3.63) is 59.8 Å². The molecule has 130 valence electrons. The van der Waals surface area contributed by atoms with E-state index in [1.165, 1.54) is 0 Å². The molecule has 3 rings (SSSR count). The lowest BCUT2D eigenvalue weighted by Crippen LogP contribution is -2.22. The van der Waals surface area contributed by atoms with Crippen molar-refractivity contribution in [3.63, 3.8) is 0 Å². The summed E-state index contributed by atoms with van der Waals surface area (Å²) in [7, 11) is 0. The van der Waals surface area contributed by atoms with E-state index in [1.54, 1.807) is 18.3 Å². The number of fused-ring (bicyclic) bond motifs is 1. The molecule has 0 fully saturated rings. The predicted octanol–water partition coefficient (Wildman–Crippen LogP) is 3.64. The lowest BCUT2D eigenvalue weighted by molar-refractivity contribution is -0.110. The van der Waals surface area contributed by atoms with E-state index in [1.807, 2.05) is 30.3 Å². The smallest absolute Gasteiger partial charge is 0.257 e. The molecule has 0 bridgehead atoms. The number of phenols is 1. The van der Waals surface area contributed by atoms with Gasteiger partial charge in [0.15, 0.2) is 0 Å². The van der Waals surface area contributed by atoms with E-state index < -0.39 is 0 Å². The maximum absolute atomic E-state index is 12.1. The first-order chi connectivity index (χ1) is 12.1. The monoisotopic (exact) mass is 337 g/mol. The highest BCUT2D eigenvalue weighted by molar-refractivity contribution is 6.31. The minimum absolute atomic E-state index is 0.115. The van der Waals surface area contributed by atoms with E-state index in [9.17, 15) is 9.90 Å². The molecule has 0 unspecified atom stereocenters. The van der Waals surface area contributed by atoms with Gasteiger partial charge in [0, 0.05) is 35.2 Å². The summed E-state index contributed by atoms with van der Waals surface area (Å²) in [6.45, 7) is 6.74. The van der Waals surface area contributed by atoms with Crippen LogP contribution in [0.2, 0.25) is 0 Å². The Bertz CT molecular complexity index is 810. The molecule has 1 aliphatic rings. The molecule has 3 N–H and O–H groups in total. The fourth-order valence-corrected chi connectivity index (χ4v) is 2.93. The summed E-state index contributed by atoms with van der Waals surface area (Å²) in [5.74, 6) is 0.171. The fraction of sp³-hybridized carbons (Fsp3) is 0.250. The molecule has 5 heteroatoms. The van der Waals surface area contributed by atoms with Crippen LogP contribution in [0.3, 0.4) is 0 Å². The van der Waals surface area contributed by atoms with E-state index in [0.717, 1.165) is 35.6 Å². The molecule has 0 radical (unpaired) electrons. The molecule has 1 heterocycles. The van der Waals surface area contributed by atoms with Gasteiger partial charge in [-0.15, -0.1) is 0 Å². The molecule has 0 spiro atoms. The Kier molecular flexibility index (Phi) is 5.05. The van der Waals surface area contributed by atoms with E-state index in [-0.39, 0.29) is 11.7 Å². The number of hydrogen-bond donors (Lipinski definition) is 3. The summed E-state index contributed by atoms with van der Waals surface area (Å²) in [5, 5.41) is 16.1. The Morgan fingerprint density at radius 2 is 1.92 bits per heavy atom. The van der Waals surface area contributed by atoms with Crippen LogP contribution in [-0.4, -0.2) is 29.0 Å². The van der Waals surface area contributed by atoms with Gasteiger partial charge < -0.3 is 15.7 Å². The standard InChI is InChI=1S/C20H23N3O2/c1-3-23(4-2)13-14-11-15(9-10-19(14)24)21-12-17-16-7-5-6-8-18(16)22-20(17)25/h5-12,21,24H,3-4,13H2,1-2H3,(H,22,25)/b17-12+. The number of rotatable bonds is 6. The molecule has 0 aliphatic carbocycles. The van der Waals surface area contributed by atoms with Gasteiger partial charge in [-0.3, -0.25) is 9.69 Å². The molecule has 0 atom stereocenters. The van der Waals surface area contributed by atoms with Crippen molar-refractivity contribution in [1.29, 1.82) is 0 Å². The predicted molar refractivity (Wildman–Crippen MR) is 101 cm³/mol. The number of para-hydroxylation sites is 1. The minimum atomic E-state index is -0.115. The summed E-state index contributed by atoms with van der Waals surface area (Å²) >= 11 is 0. The second-order valence-corrected chi connectivity index (χ2v) is 6.01. The van der Waals surface area contributed by atoms with Gasteiger partial charge in [0.1, 0.15) is 5.75 Å². The molecule has 1 amide bonds. The third-order valence-electron chi connectivity index (χ3n) is 4.46. The summed E-state index contributed by atoms with van der Waals surface area (Å²) in [5.41, 5.74) is 4.03. The summed E-state index contributed by atoms with van der Waals surface area (Å²) in [6, 6.07) is 13.0. The van der Waals surface area contributed by atoms with Gasteiger partial charge in [-0.05, 0) is 37.4 Å². The molecular weight excluding hydrogens is 314 g/mol. The lowest BCUT2D eigenvalue weighted by atomic mass is 10.1. The van der Waals surface area contributed by atoms with Crippen LogP contribution in [0.1, 0.15) is 25.0 Å². The van der Waals surface area contributed by atoms with Gasteiger partial charge in [0.2, 0.25) is 0 Å². The minimum Gasteiger partial charge on any atom is -0.508 e. The van der Waals surface area contributed by atoms with Crippen molar-refractivity contribution in [2.75, 3.05) is 23.7 Å². The number of anilines is 2. The van der Waals surface area contributed by atoms with Gasteiger partial charge in [-0.2, -0.15) is 0 Å². The zero-order valence-corrected chi connectivity index (χ0v) is 14.5. The van der Waals surface area contributed by atoms with Crippen LogP contribution in [-0.2, 0) is 11.3 Å². The number of amides is 1. The van der Waals surface area contributed by atoms with Crippen molar-refractivity contribution in [2.24, 2.45) is 0 Å². The van der Waals surface area contributed by atoms with Crippen molar-refractivity contribution in [1.82, 2.24) is 4.90 Å². The Morgan fingerprint density at radius 1 is 1.16 bits per heavy atom. The van der Waals surface area contributed by atoms with E-state index in [2.05, 4.69) is 29.4 Å². The number of carbonyl (C=O) groups excluding carboxylic acids is 1. The second kappa shape index (κ2) is 7.40. The quantitative estimate of drug-likeness (QED) is 0.556. The third kappa shape index (κ3) is 3.67. The van der Waals surface area contributed by atoms with Crippen LogP contribution in [0.5, 0.6) is 5.75 Å². The van der Waals surface area contributed by atoms with Gasteiger partial charge in [0.05, 0.1) is 5.57 Å². The fourth-order valence-electron chi connectivity index (χ4n) is 2.93. The maximum atomic E-state index is 12.1. The molecule has 2 aromatic rings. The Morgan fingerprint density at radius 3 is 2.68 bits per heavy atom. The number of phenolic OH excluding ortho intramolecular Hbond substituents is 1. The van der Waals surface area contributed by atoms with Crippen LogP contribution in [0.25, 0.3) is 5.57 Å². The summed E-state index contributed by atoms with van der Waals surface area (Å²) in [4.78, 5) is 14.4. The number of nitrogens with one attached hydrogen (secondary N) is 2. The van der Waals surface area contributed by atoms with Gasteiger partial charge in [-0.25, -0.2) is 0 Å². The molecule has 25 heavy (non-hydrogen) atoms. The van der Waals surface area contributed by atoms with Crippen LogP contribution < -0.4 is 10.6 Å². The first-order valence-electron chi connectivity index (χ1n) is 8.54. The average molecular weight is 337 g/mol. The van der Waals surface area contributed by atoms with E-state index in [4.69, 9.17) is 0 Å². The molecule has 0 saturated heterocycles. The SMILES string of the molecule is CCN(CC)Cc1cc(N/C=C2/C(=O)Nc3ccccc32)ccc1O. The highest BCUT2D eigenvalue weighted by Gasteiger charge is 2.23. The molecule has 1 aliphatic heterocycles. The normalized spacial score (nSPS) is 14.7. The second-order valence-electron chi connectivity index (χ2n) is 6.01. The Hall–Kier alpha value is -2.79. The maximum Gasteiger partial charge on any atom is 0.257 e. The first kappa shape index (κ1) is 17.0. The van der Waals surface area contributed by atoms with Crippen LogP contribution in [0, 0.1) is 0 Å².